The van der Waals surface area contributed by atoms with Crippen LogP contribution < -0.4 is 10.1 Å². The summed E-state index contributed by atoms with van der Waals surface area (Å²) in [7, 11) is 1.54. The molecule has 2 amide bonds. The summed E-state index contributed by atoms with van der Waals surface area (Å²) in [5.74, 6) is 0.217. The van der Waals surface area contributed by atoms with E-state index in [0.29, 0.717) is 11.6 Å². The number of aromatic nitrogens is 1. The van der Waals surface area contributed by atoms with Crippen molar-refractivity contribution < 1.29 is 14.3 Å². The van der Waals surface area contributed by atoms with Gasteiger partial charge in [-0.1, -0.05) is 6.92 Å². The highest BCUT2D eigenvalue weighted by Gasteiger charge is 2.40. The summed E-state index contributed by atoms with van der Waals surface area (Å²) < 4.78 is 4.97. The Labute approximate surface area is 118 Å². The molecule has 0 radical (unpaired) electrons. The molecule has 1 fully saturated rings. The summed E-state index contributed by atoms with van der Waals surface area (Å²) in [6, 6.07) is 2.91. The van der Waals surface area contributed by atoms with Crippen LogP contribution in [0.1, 0.15) is 26.7 Å². The highest BCUT2D eigenvalue weighted by atomic mass is 16.5. The molecular formula is C14H19N3O3. The third-order valence-electron chi connectivity index (χ3n) is 3.50. The van der Waals surface area contributed by atoms with Crippen LogP contribution in [-0.2, 0) is 9.59 Å². The Morgan fingerprint density at radius 2 is 2.25 bits per heavy atom. The summed E-state index contributed by atoms with van der Waals surface area (Å²) >= 11 is 0. The topological polar surface area (TPSA) is 71.5 Å². The Bertz CT molecular complexity index is 501. The predicted molar refractivity (Wildman–Crippen MR) is 74.4 cm³/mol. The number of carbonyl (C=O) groups is 2. The lowest BCUT2D eigenvalue weighted by molar-refractivity contribution is -0.140. The first-order valence-electron chi connectivity index (χ1n) is 6.69. The highest BCUT2D eigenvalue weighted by molar-refractivity contribution is 6.07. The zero-order valence-corrected chi connectivity index (χ0v) is 11.9. The Morgan fingerprint density at radius 1 is 1.50 bits per heavy atom. The normalized spacial score (nSPS) is 20.1. The molecule has 1 aliphatic heterocycles. The largest absolute Gasteiger partial charge is 0.481 e. The van der Waals surface area contributed by atoms with Crippen molar-refractivity contribution in [1.82, 2.24) is 9.88 Å². The zero-order chi connectivity index (χ0) is 14.7. The van der Waals surface area contributed by atoms with Crippen LogP contribution in [0.2, 0.25) is 0 Å². The minimum atomic E-state index is -0.508. The van der Waals surface area contributed by atoms with Crippen LogP contribution in [0.15, 0.2) is 18.3 Å². The molecule has 0 bridgehead atoms. The molecular weight excluding hydrogens is 258 g/mol. The van der Waals surface area contributed by atoms with E-state index in [4.69, 9.17) is 4.74 Å². The van der Waals surface area contributed by atoms with Crippen molar-refractivity contribution in [2.24, 2.45) is 0 Å². The number of nitrogens with zero attached hydrogens (tertiary/aromatic N) is 2. The number of likely N-dealkylation sites (tertiary alicyclic amines) is 1. The lowest BCUT2D eigenvalue weighted by atomic mass is 10.2. The second-order valence-corrected chi connectivity index (χ2v) is 4.85. The number of rotatable bonds is 5. The Hall–Kier alpha value is -2.11. The maximum atomic E-state index is 12.2. The fourth-order valence-corrected chi connectivity index (χ4v) is 2.20. The monoisotopic (exact) mass is 277 g/mol. The van der Waals surface area contributed by atoms with Crippen LogP contribution in [0.4, 0.5) is 5.69 Å². The van der Waals surface area contributed by atoms with Gasteiger partial charge in [0.25, 0.3) is 5.91 Å². The van der Waals surface area contributed by atoms with E-state index in [0.717, 1.165) is 6.42 Å². The Balaban J connectivity index is 2.07. The molecule has 6 heteroatoms. The average Bonchev–Trinajstić information content (AvgIpc) is 2.73. The van der Waals surface area contributed by atoms with Crippen LogP contribution >= 0.6 is 0 Å². The third kappa shape index (κ3) is 2.74. The van der Waals surface area contributed by atoms with Gasteiger partial charge in [0.1, 0.15) is 6.04 Å². The van der Waals surface area contributed by atoms with E-state index in [1.165, 1.54) is 4.90 Å². The van der Waals surface area contributed by atoms with Crippen molar-refractivity contribution in [3.63, 3.8) is 0 Å². The molecule has 108 valence electrons. The van der Waals surface area contributed by atoms with Gasteiger partial charge < -0.3 is 10.1 Å². The number of hydrogen-bond donors (Lipinski definition) is 1. The molecule has 1 aromatic rings. The van der Waals surface area contributed by atoms with E-state index in [2.05, 4.69) is 10.3 Å². The number of methoxy groups -OCH3 is 1. The summed E-state index contributed by atoms with van der Waals surface area (Å²) in [4.78, 5) is 29.6. The van der Waals surface area contributed by atoms with Gasteiger partial charge in [0.05, 0.1) is 25.4 Å². The molecule has 0 spiro atoms. The first kappa shape index (κ1) is 14.3. The smallest absolute Gasteiger partial charge is 0.252 e. The van der Waals surface area contributed by atoms with Crippen molar-refractivity contribution >= 4 is 17.5 Å². The van der Waals surface area contributed by atoms with E-state index >= 15 is 0 Å². The first-order chi connectivity index (χ1) is 9.56. The number of ether oxygens (including phenoxy) is 1. The van der Waals surface area contributed by atoms with Crippen LogP contribution in [0, 0.1) is 0 Å². The van der Waals surface area contributed by atoms with E-state index in [-0.39, 0.29) is 24.3 Å². The van der Waals surface area contributed by atoms with E-state index in [1.807, 2.05) is 13.8 Å². The second kappa shape index (κ2) is 5.90. The first-order valence-corrected chi connectivity index (χ1v) is 6.69. The lowest BCUT2D eigenvalue weighted by Gasteiger charge is -2.21. The van der Waals surface area contributed by atoms with Crippen LogP contribution in [0.3, 0.4) is 0 Å². The molecule has 1 saturated heterocycles. The van der Waals surface area contributed by atoms with Crippen LogP contribution in [0.5, 0.6) is 5.88 Å². The summed E-state index contributed by atoms with van der Waals surface area (Å²) in [6.45, 7) is 3.84. The summed E-state index contributed by atoms with van der Waals surface area (Å²) in [5, 5.41) is 3.05. The Kier molecular flexibility index (Phi) is 4.22. The number of carbonyl (C=O) groups excluding carboxylic acids is 2. The highest BCUT2D eigenvalue weighted by Crippen LogP contribution is 2.21. The summed E-state index contributed by atoms with van der Waals surface area (Å²) in [5.41, 5.74) is 0.697. The molecule has 2 heterocycles. The van der Waals surface area contributed by atoms with Crippen LogP contribution in [0.25, 0.3) is 0 Å². The van der Waals surface area contributed by atoms with Gasteiger partial charge in [-0.2, -0.15) is 0 Å². The third-order valence-corrected chi connectivity index (χ3v) is 3.50. The molecule has 2 unspecified atom stereocenters. The minimum absolute atomic E-state index is 0.0595. The van der Waals surface area contributed by atoms with Gasteiger partial charge in [0.2, 0.25) is 11.8 Å². The average molecular weight is 277 g/mol. The minimum Gasteiger partial charge on any atom is -0.481 e. The van der Waals surface area contributed by atoms with Crippen molar-refractivity contribution in [1.29, 1.82) is 0 Å². The molecule has 6 nitrogen and oxygen atoms in total. The SMILES string of the molecule is CCC(C)N1C(=O)CC(Nc2ccc(OC)nc2)C1=O. The van der Waals surface area contributed by atoms with Crippen molar-refractivity contribution in [3.8, 4) is 5.88 Å². The number of hydrogen-bond acceptors (Lipinski definition) is 5. The number of pyridine rings is 1. The second-order valence-electron chi connectivity index (χ2n) is 4.85. The number of imide groups is 1. The van der Waals surface area contributed by atoms with Gasteiger partial charge in [-0.3, -0.25) is 14.5 Å². The fourth-order valence-electron chi connectivity index (χ4n) is 2.20. The molecule has 0 saturated carbocycles. The van der Waals surface area contributed by atoms with Gasteiger partial charge in [0, 0.05) is 12.1 Å². The van der Waals surface area contributed by atoms with Gasteiger partial charge in [0.15, 0.2) is 0 Å². The molecule has 20 heavy (non-hydrogen) atoms. The molecule has 2 rings (SSSR count). The Morgan fingerprint density at radius 3 is 2.80 bits per heavy atom. The van der Waals surface area contributed by atoms with Crippen LogP contribution in [-0.4, -0.2) is 40.9 Å². The van der Waals surface area contributed by atoms with Crippen molar-refractivity contribution in [2.75, 3.05) is 12.4 Å². The molecule has 0 aromatic carbocycles. The van der Waals surface area contributed by atoms with Gasteiger partial charge in [-0.25, -0.2) is 4.98 Å². The molecule has 2 atom stereocenters. The quantitative estimate of drug-likeness (QED) is 0.824. The van der Waals surface area contributed by atoms with Gasteiger partial charge in [-0.15, -0.1) is 0 Å². The maximum Gasteiger partial charge on any atom is 0.252 e. The number of nitrogens with one attached hydrogen (secondary N) is 1. The van der Waals surface area contributed by atoms with Crippen molar-refractivity contribution in [3.05, 3.63) is 18.3 Å². The molecule has 0 aliphatic carbocycles. The molecule has 1 aromatic heterocycles. The maximum absolute atomic E-state index is 12.2. The van der Waals surface area contributed by atoms with Crippen molar-refractivity contribution in [2.45, 2.75) is 38.8 Å². The van der Waals surface area contributed by atoms with E-state index in [1.54, 1.807) is 25.4 Å². The predicted octanol–water partition coefficient (Wildman–Crippen LogP) is 1.43. The lowest BCUT2D eigenvalue weighted by Crippen LogP contribution is -2.40. The zero-order valence-electron chi connectivity index (χ0n) is 11.9. The molecule has 1 N–H and O–H groups in total. The van der Waals surface area contributed by atoms with E-state index < -0.39 is 6.04 Å². The number of amides is 2. The van der Waals surface area contributed by atoms with Gasteiger partial charge >= 0.3 is 0 Å². The number of anilines is 1. The fraction of sp³-hybridized carbons (Fsp3) is 0.500. The summed E-state index contributed by atoms with van der Waals surface area (Å²) in [6.07, 6.45) is 2.53. The van der Waals surface area contributed by atoms with Gasteiger partial charge in [-0.05, 0) is 19.4 Å². The molecule has 1 aliphatic rings. The van der Waals surface area contributed by atoms with E-state index in [9.17, 15) is 9.59 Å². The standard InChI is InChI=1S/C14H19N3O3/c1-4-9(2)17-13(18)7-11(14(17)19)16-10-5-6-12(20-3)15-8-10/h5-6,8-9,11,16H,4,7H2,1-3H3.